The Hall–Kier alpha value is -2.74. The maximum atomic E-state index is 12.6. The summed E-state index contributed by atoms with van der Waals surface area (Å²) >= 11 is 0. The van der Waals surface area contributed by atoms with Gasteiger partial charge in [0.05, 0.1) is 17.1 Å². The third-order valence-electron chi connectivity index (χ3n) is 5.86. The van der Waals surface area contributed by atoms with Gasteiger partial charge in [0.2, 0.25) is 0 Å². The summed E-state index contributed by atoms with van der Waals surface area (Å²) in [6.45, 7) is 10.5. The van der Waals surface area contributed by atoms with Crippen LogP contribution in [0.3, 0.4) is 0 Å². The van der Waals surface area contributed by atoms with Crippen LogP contribution < -0.4 is 0 Å². The normalized spacial score (nSPS) is 27.0. The molecule has 154 valence electrons. The lowest BCUT2D eigenvalue weighted by atomic mass is 9.57. The number of hydrogen-bond acceptors (Lipinski definition) is 4. The van der Waals surface area contributed by atoms with E-state index in [0.717, 1.165) is 11.1 Å². The van der Waals surface area contributed by atoms with Crippen LogP contribution in [0.5, 0.6) is 0 Å². The first-order valence-electron chi connectivity index (χ1n) is 10.0. The fourth-order valence-corrected chi connectivity index (χ4v) is 4.74. The molecule has 1 aliphatic carbocycles. The molecule has 29 heavy (non-hydrogen) atoms. The van der Waals surface area contributed by atoms with Crippen molar-refractivity contribution in [3.05, 3.63) is 58.9 Å². The topological polar surface area (TPSA) is 73.6 Å². The number of hydrogen-bond donors (Lipinski definition) is 1. The standard InChI is InChI=1S/C24H30N2O3/c1-22(2,3)29-21(28)26-12-11-19-23(4,16-26)14-18(15-25)20(27)24(19,5)13-17-9-7-6-8-10-17/h6-11,27H,12-14,16H2,1-5H3/t23-,24+/m0/s1. The molecule has 2 atom stereocenters. The van der Waals surface area contributed by atoms with Gasteiger partial charge in [0, 0.05) is 18.5 Å². The van der Waals surface area contributed by atoms with Gasteiger partial charge in [-0.1, -0.05) is 48.9 Å². The highest BCUT2D eigenvalue weighted by atomic mass is 16.6. The first-order chi connectivity index (χ1) is 13.5. The second kappa shape index (κ2) is 7.26. The molecule has 0 fully saturated rings. The molecule has 1 heterocycles. The Morgan fingerprint density at radius 3 is 2.52 bits per heavy atom. The number of carbonyl (C=O) groups is 1. The molecule has 3 rings (SSSR count). The van der Waals surface area contributed by atoms with Crippen molar-refractivity contribution in [2.75, 3.05) is 13.1 Å². The molecule has 1 amide bonds. The molecule has 1 aromatic rings. The number of carbonyl (C=O) groups excluding carboxylic acids is 1. The summed E-state index contributed by atoms with van der Waals surface area (Å²) in [5.41, 5.74) is 0.903. The van der Waals surface area contributed by atoms with Gasteiger partial charge in [0.1, 0.15) is 11.4 Å². The Bertz CT molecular complexity index is 904. The lowest BCUT2D eigenvalue weighted by molar-refractivity contribution is 0.0164. The van der Waals surface area contributed by atoms with Crippen LogP contribution in [-0.2, 0) is 11.2 Å². The molecule has 1 aliphatic heterocycles. The zero-order chi connectivity index (χ0) is 21.4. The molecule has 5 nitrogen and oxygen atoms in total. The zero-order valence-electron chi connectivity index (χ0n) is 18.0. The molecule has 1 aromatic carbocycles. The van der Waals surface area contributed by atoms with E-state index in [4.69, 9.17) is 4.74 Å². The average molecular weight is 395 g/mol. The summed E-state index contributed by atoms with van der Waals surface area (Å²) in [6, 6.07) is 12.2. The van der Waals surface area contributed by atoms with E-state index in [1.807, 2.05) is 64.1 Å². The highest BCUT2D eigenvalue weighted by Gasteiger charge is 2.51. The zero-order valence-corrected chi connectivity index (χ0v) is 18.0. The first kappa shape index (κ1) is 21.0. The number of nitriles is 1. The van der Waals surface area contributed by atoms with Crippen LogP contribution in [0.2, 0.25) is 0 Å². The van der Waals surface area contributed by atoms with Gasteiger partial charge in [0.25, 0.3) is 0 Å². The maximum Gasteiger partial charge on any atom is 0.410 e. The van der Waals surface area contributed by atoms with Crippen molar-refractivity contribution < 1.29 is 14.6 Å². The van der Waals surface area contributed by atoms with Gasteiger partial charge in [-0.25, -0.2) is 4.79 Å². The molecule has 0 aromatic heterocycles. The fourth-order valence-electron chi connectivity index (χ4n) is 4.74. The van der Waals surface area contributed by atoms with Crippen LogP contribution in [0.4, 0.5) is 4.79 Å². The molecule has 0 spiro atoms. The molecule has 0 bridgehead atoms. The Morgan fingerprint density at radius 2 is 1.93 bits per heavy atom. The highest BCUT2D eigenvalue weighted by Crippen LogP contribution is 2.55. The number of allylic oxidation sites excluding steroid dienone is 2. The smallest absolute Gasteiger partial charge is 0.410 e. The first-order valence-corrected chi connectivity index (χ1v) is 10.0. The number of fused-ring (bicyclic) bond motifs is 1. The van der Waals surface area contributed by atoms with E-state index in [2.05, 4.69) is 13.0 Å². The second-order valence-corrected chi connectivity index (χ2v) is 9.65. The molecule has 5 heteroatoms. The molecular formula is C24H30N2O3. The van der Waals surface area contributed by atoms with Gasteiger partial charge < -0.3 is 14.7 Å². The number of benzene rings is 1. The van der Waals surface area contributed by atoms with Crippen molar-refractivity contribution in [2.45, 2.75) is 53.1 Å². The minimum Gasteiger partial charge on any atom is -0.510 e. The fraction of sp³-hybridized carbons (Fsp3) is 0.500. The molecule has 1 N–H and O–H groups in total. The van der Waals surface area contributed by atoms with Gasteiger partial charge in [-0.3, -0.25) is 0 Å². The summed E-state index contributed by atoms with van der Waals surface area (Å²) < 4.78 is 5.56. The number of amides is 1. The van der Waals surface area contributed by atoms with Gasteiger partial charge >= 0.3 is 6.09 Å². The Morgan fingerprint density at radius 1 is 1.28 bits per heavy atom. The summed E-state index contributed by atoms with van der Waals surface area (Å²) in [7, 11) is 0. The Labute approximate surface area is 173 Å². The van der Waals surface area contributed by atoms with E-state index < -0.39 is 16.4 Å². The minimum absolute atomic E-state index is 0.151. The van der Waals surface area contributed by atoms with Crippen molar-refractivity contribution in [3.63, 3.8) is 0 Å². The summed E-state index contributed by atoms with van der Waals surface area (Å²) in [5, 5.41) is 20.7. The van der Waals surface area contributed by atoms with E-state index in [-0.39, 0.29) is 11.9 Å². The van der Waals surface area contributed by atoms with Gasteiger partial charge in [0.15, 0.2) is 0 Å². The van der Waals surface area contributed by atoms with Crippen LogP contribution >= 0.6 is 0 Å². The van der Waals surface area contributed by atoms with Crippen molar-refractivity contribution in [3.8, 4) is 6.07 Å². The average Bonchev–Trinajstić information content (AvgIpc) is 2.64. The Balaban J connectivity index is 2.00. The molecule has 2 aliphatic rings. The van der Waals surface area contributed by atoms with Crippen LogP contribution in [0.25, 0.3) is 0 Å². The molecular weight excluding hydrogens is 364 g/mol. The minimum atomic E-state index is -0.681. The quantitative estimate of drug-likeness (QED) is 0.703. The van der Waals surface area contributed by atoms with Crippen molar-refractivity contribution in [2.24, 2.45) is 10.8 Å². The lowest BCUT2D eigenvalue weighted by Crippen LogP contribution is -2.51. The van der Waals surface area contributed by atoms with Crippen LogP contribution in [0.1, 0.15) is 46.6 Å². The SMILES string of the molecule is CC(C)(C)OC(=O)N1CC=C2[C@@](C)(CC(C#N)=C(O)[C@]2(C)Cc2ccccc2)C1. The van der Waals surface area contributed by atoms with E-state index in [1.54, 1.807) is 4.90 Å². The van der Waals surface area contributed by atoms with E-state index in [9.17, 15) is 15.2 Å². The predicted octanol–water partition coefficient (Wildman–Crippen LogP) is 5.16. The van der Waals surface area contributed by atoms with E-state index >= 15 is 0 Å². The number of ether oxygens (including phenoxy) is 1. The number of aliphatic hydroxyl groups excluding tert-OH is 1. The largest absolute Gasteiger partial charge is 0.510 e. The molecule has 0 saturated carbocycles. The van der Waals surface area contributed by atoms with Gasteiger partial charge in [-0.05, 0) is 46.1 Å². The summed E-state index contributed by atoms with van der Waals surface area (Å²) in [5.74, 6) is 0.151. The molecule has 0 radical (unpaired) electrons. The van der Waals surface area contributed by atoms with Crippen molar-refractivity contribution >= 4 is 6.09 Å². The van der Waals surface area contributed by atoms with Crippen LogP contribution in [-0.4, -0.2) is 34.8 Å². The number of nitrogens with zero attached hydrogens (tertiary/aromatic N) is 2. The van der Waals surface area contributed by atoms with Gasteiger partial charge in [-0.2, -0.15) is 5.26 Å². The van der Waals surface area contributed by atoms with Gasteiger partial charge in [-0.15, -0.1) is 0 Å². The highest BCUT2D eigenvalue weighted by molar-refractivity contribution is 5.69. The third-order valence-corrected chi connectivity index (χ3v) is 5.86. The molecule has 0 saturated heterocycles. The monoisotopic (exact) mass is 394 g/mol. The third kappa shape index (κ3) is 4.03. The van der Waals surface area contributed by atoms with E-state index in [0.29, 0.717) is 31.5 Å². The second-order valence-electron chi connectivity index (χ2n) is 9.65. The Kier molecular flexibility index (Phi) is 5.25. The van der Waals surface area contributed by atoms with Crippen LogP contribution in [0.15, 0.2) is 53.3 Å². The molecule has 0 unspecified atom stereocenters. The maximum absolute atomic E-state index is 12.6. The lowest BCUT2D eigenvalue weighted by Gasteiger charge is -2.51. The number of aliphatic hydroxyl groups is 1. The predicted molar refractivity (Wildman–Crippen MR) is 112 cm³/mol. The number of rotatable bonds is 2. The van der Waals surface area contributed by atoms with Crippen molar-refractivity contribution in [1.82, 2.24) is 4.90 Å². The summed E-state index contributed by atoms with van der Waals surface area (Å²) in [6.07, 6.45) is 2.70. The van der Waals surface area contributed by atoms with E-state index in [1.165, 1.54) is 0 Å². The summed E-state index contributed by atoms with van der Waals surface area (Å²) in [4.78, 5) is 14.3. The van der Waals surface area contributed by atoms with Crippen molar-refractivity contribution in [1.29, 1.82) is 5.26 Å². The van der Waals surface area contributed by atoms with Crippen LogP contribution in [0, 0.1) is 22.2 Å².